The summed E-state index contributed by atoms with van der Waals surface area (Å²) in [5, 5.41) is 1.24. The highest BCUT2D eigenvalue weighted by Gasteiger charge is 2.26. The van der Waals surface area contributed by atoms with Crippen molar-refractivity contribution >= 4 is 32.5 Å². The molecule has 1 saturated heterocycles. The fraction of sp³-hybridized carbons (Fsp3) is 0.259. The number of nitrogens with one attached hydrogen (secondary N) is 2. The lowest BCUT2D eigenvalue weighted by Crippen LogP contribution is -2.34. The van der Waals surface area contributed by atoms with Gasteiger partial charge in [-0.25, -0.2) is 4.98 Å². The first-order chi connectivity index (χ1) is 16.7. The number of hydrogen-bond acceptors (Lipinski definition) is 5. The molecule has 0 radical (unpaired) electrons. The maximum Gasteiger partial charge on any atom is 0.268 e. The lowest BCUT2D eigenvalue weighted by atomic mass is 9.99. The fourth-order valence-corrected chi connectivity index (χ4v) is 5.96. The lowest BCUT2D eigenvalue weighted by molar-refractivity contribution is 0.134. The highest BCUT2D eigenvalue weighted by molar-refractivity contribution is 7.22. The number of piperidine rings is 1. The number of aromatic nitrogens is 3. The summed E-state index contributed by atoms with van der Waals surface area (Å²) in [5.41, 5.74) is 4.15. The Morgan fingerprint density at radius 2 is 1.94 bits per heavy atom. The minimum absolute atomic E-state index is 0.0658. The second kappa shape index (κ2) is 8.74. The van der Waals surface area contributed by atoms with E-state index in [0.717, 1.165) is 46.9 Å². The van der Waals surface area contributed by atoms with Crippen LogP contribution >= 0.6 is 11.3 Å². The summed E-state index contributed by atoms with van der Waals surface area (Å²) in [6, 6.07) is 20.9. The van der Waals surface area contributed by atoms with Gasteiger partial charge in [-0.05, 0) is 72.8 Å². The van der Waals surface area contributed by atoms with E-state index in [0.29, 0.717) is 17.3 Å². The van der Waals surface area contributed by atoms with E-state index in [1.807, 2.05) is 30.3 Å². The maximum atomic E-state index is 12.9. The van der Waals surface area contributed by atoms with Crippen molar-refractivity contribution in [1.82, 2.24) is 19.9 Å². The molecule has 0 aliphatic carbocycles. The molecule has 0 bridgehead atoms. The Morgan fingerprint density at radius 1 is 1.09 bits per heavy atom. The first-order valence-corrected chi connectivity index (χ1v) is 12.5. The molecule has 0 spiro atoms. The number of likely N-dealkylation sites (tertiary alicyclic amines) is 1. The predicted molar refractivity (Wildman–Crippen MR) is 138 cm³/mol. The van der Waals surface area contributed by atoms with Gasteiger partial charge in [0.2, 0.25) is 0 Å². The van der Waals surface area contributed by atoms with Crippen molar-refractivity contribution in [1.29, 1.82) is 0 Å². The lowest BCUT2D eigenvalue weighted by Gasteiger charge is -2.34. The van der Waals surface area contributed by atoms with E-state index in [4.69, 9.17) is 9.72 Å². The minimum Gasteiger partial charge on any atom is -0.497 e. The summed E-state index contributed by atoms with van der Waals surface area (Å²) in [6.07, 6.45) is 3.46. The topological polar surface area (TPSA) is 74.0 Å². The number of nitrogens with zero attached hydrogens (tertiary/aromatic N) is 2. The third-order valence-corrected chi connectivity index (χ3v) is 7.85. The zero-order valence-electron chi connectivity index (χ0n) is 19.0. The Morgan fingerprint density at radius 3 is 2.76 bits per heavy atom. The molecule has 1 aliphatic heterocycles. The van der Waals surface area contributed by atoms with Crippen LogP contribution in [0.3, 0.4) is 0 Å². The highest BCUT2D eigenvalue weighted by atomic mass is 32.1. The van der Waals surface area contributed by atoms with E-state index < -0.39 is 0 Å². The van der Waals surface area contributed by atoms with Crippen LogP contribution in [0, 0.1) is 0 Å². The molecule has 5 aromatic rings. The van der Waals surface area contributed by atoms with Gasteiger partial charge in [-0.3, -0.25) is 9.69 Å². The van der Waals surface area contributed by atoms with Crippen LogP contribution in [0.2, 0.25) is 0 Å². The summed E-state index contributed by atoms with van der Waals surface area (Å²) in [7, 11) is 1.66. The van der Waals surface area contributed by atoms with E-state index in [9.17, 15) is 4.79 Å². The normalized spacial score (nSPS) is 16.9. The van der Waals surface area contributed by atoms with E-state index in [-0.39, 0.29) is 5.56 Å². The van der Waals surface area contributed by atoms with Gasteiger partial charge in [0.05, 0.1) is 25.2 Å². The van der Waals surface area contributed by atoms with Gasteiger partial charge in [0, 0.05) is 16.1 Å². The van der Waals surface area contributed by atoms with Gasteiger partial charge in [0.15, 0.2) is 0 Å². The number of fused-ring (bicyclic) bond motifs is 2. The van der Waals surface area contributed by atoms with E-state index in [1.54, 1.807) is 7.11 Å². The van der Waals surface area contributed by atoms with Crippen molar-refractivity contribution in [3.8, 4) is 16.2 Å². The minimum atomic E-state index is -0.0658. The molecular formula is C27H26N4O2S. The zero-order chi connectivity index (χ0) is 23.1. The highest BCUT2D eigenvalue weighted by Crippen LogP contribution is 2.34. The van der Waals surface area contributed by atoms with E-state index in [1.165, 1.54) is 34.4 Å². The Balaban J connectivity index is 1.30. The van der Waals surface area contributed by atoms with Crippen LogP contribution in [0.4, 0.5) is 0 Å². The Kier molecular flexibility index (Phi) is 5.43. The van der Waals surface area contributed by atoms with Crippen LogP contribution in [0.25, 0.3) is 31.6 Å². The number of thiophene rings is 1. The average molecular weight is 471 g/mol. The van der Waals surface area contributed by atoms with Gasteiger partial charge < -0.3 is 14.7 Å². The molecule has 172 valence electrons. The molecule has 6 nitrogen and oxygen atoms in total. The summed E-state index contributed by atoms with van der Waals surface area (Å²) in [4.78, 5) is 27.9. The Hall–Kier alpha value is -3.42. The quantitative estimate of drug-likeness (QED) is 0.337. The Labute approximate surface area is 201 Å². The first kappa shape index (κ1) is 21.1. The molecule has 34 heavy (non-hydrogen) atoms. The van der Waals surface area contributed by atoms with Crippen LogP contribution in [0.15, 0.2) is 65.5 Å². The van der Waals surface area contributed by atoms with Crippen molar-refractivity contribution in [2.24, 2.45) is 0 Å². The standard InChI is InChI=1S/C27H26N4O2S/c1-33-19-11-9-17(10-12-19)24-15-22-26(34-24)27(32)30-25(29-22)16-31-13-5-4-8-23(31)21-14-18-6-2-3-7-20(18)28-21/h2-3,6-7,9-12,14-15,23,28H,4-5,8,13,16H2,1H3,(H,29,30,32). The van der Waals surface area contributed by atoms with Crippen LogP contribution in [0.5, 0.6) is 5.75 Å². The molecule has 1 unspecified atom stereocenters. The van der Waals surface area contributed by atoms with Gasteiger partial charge in [0.25, 0.3) is 5.56 Å². The van der Waals surface area contributed by atoms with Crippen molar-refractivity contribution in [3.05, 3.63) is 82.5 Å². The summed E-state index contributed by atoms with van der Waals surface area (Å²) >= 11 is 1.48. The molecule has 1 fully saturated rings. The summed E-state index contributed by atoms with van der Waals surface area (Å²) in [6.45, 7) is 1.61. The molecular weight excluding hydrogens is 444 g/mol. The van der Waals surface area contributed by atoms with Gasteiger partial charge >= 0.3 is 0 Å². The van der Waals surface area contributed by atoms with Gasteiger partial charge in [-0.1, -0.05) is 24.6 Å². The van der Waals surface area contributed by atoms with Crippen molar-refractivity contribution in [2.75, 3.05) is 13.7 Å². The molecule has 4 heterocycles. The summed E-state index contributed by atoms with van der Waals surface area (Å²) in [5.74, 6) is 1.54. The zero-order valence-corrected chi connectivity index (χ0v) is 19.8. The number of ether oxygens (including phenoxy) is 1. The number of aromatic amines is 2. The number of para-hydroxylation sites is 1. The number of benzene rings is 2. The van der Waals surface area contributed by atoms with E-state index >= 15 is 0 Å². The largest absolute Gasteiger partial charge is 0.497 e. The second-order valence-corrected chi connectivity index (χ2v) is 9.91. The molecule has 3 aromatic heterocycles. The molecule has 1 aliphatic rings. The molecule has 2 N–H and O–H groups in total. The first-order valence-electron chi connectivity index (χ1n) is 11.7. The molecule has 0 amide bonds. The van der Waals surface area contributed by atoms with Crippen molar-refractivity contribution in [2.45, 2.75) is 31.8 Å². The SMILES string of the molecule is COc1ccc(-c2cc3nc(CN4CCCCC4c4cc5ccccc5[nH]4)[nH]c(=O)c3s2)cc1. The van der Waals surface area contributed by atoms with Crippen LogP contribution in [-0.4, -0.2) is 33.5 Å². The Bertz CT molecular complexity index is 1480. The smallest absolute Gasteiger partial charge is 0.268 e. The third-order valence-electron chi connectivity index (χ3n) is 6.68. The number of hydrogen-bond donors (Lipinski definition) is 2. The van der Waals surface area contributed by atoms with Crippen LogP contribution < -0.4 is 10.3 Å². The van der Waals surface area contributed by atoms with Gasteiger partial charge in [-0.2, -0.15) is 0 Å². The van der Waals surface area contributed by atoms with Gasteiger partial charge in [-0.15, -0.1) is 11.3 Å². The van der Waals surface area contributed by atoms with Crippen LogP contribution in [0.1, 0.15) is 36.8 Å². The van der Waals surface area contributed by atoms with Crippen molar-refractivity contribution < 1.29 is 4.74 Å². The van der Waals surface area contributed by atoms with Gasteiger partial charge in [0.1, 0.15) is 16.3 Å². The molecule has 1 atom stereocenters. The van der Waals surface area contributed by atoms with Crippen molar-refractivity contribution in [3.63, 3.8) is 0 Å². The third kappa shape index (κ3) is 3.91. The maximum absolute atomic E-state index is 12.9. The molecule has 0 saturated carbocycles. The molecule has 6 rings (SSSR count). The second-order valence-electron chi connectivity index (χ2n) is 8.86. The monoisotopic (exact) mass is 470 g/mol. The number of methoxy groups -OCH3 is 1. The molecule has 7 heteroatoms. The number of rotatable bonds is 5. The fourth-order valence-electron chi connectivity index (χ4n) is 4.96. The average Bonchev–Trinajstić information content (AvgIpc) is 3.49. The van der Waals surface area contributed by atoms with E-state index in [2.05, 4.69) is 45.2 Å². The number of H-pyrrole nitrogens is 2. The molecule has 2 aromatic carbocycles. The van der Waals surface area contributed by atoms with Crippen LogP contribution in [-0.2, 0) is 6.54 Å². The predicted octanol–water partition coefficient (Wildman–Crippen LogP) is 5.87. The summed E-state index contributed by atoms with van der Waals surface area (Å²) < 4.78 is 5.92.